The fourth-order valence-electron chi connectivity index (χ4n) is 2.30. The minimum absolute atomic E-state index is 0.422. The summed E-state index contributed by atoms with van der Waals surface area (Å²) in [4.78, 5) is 15.4. The molecule has 0 amide bonds. The Kier molecular flexibility index (Phi) is 5.58. The molecule has 2 heterocycles. The number of rotatable bonds is 7. The summed E-state index contributed by atoms with van der Waals surface area (Å²) in [6.07, 6.45) is 0. The molecule has 7 heteroatoms. The number of carboxylic acids is 1. The number of nitrogens with zero attached hydrogens (tertiary/aromatic N) is 3. The Morgan fingerprint density at radius 2 is 2.24 bits per heavy atom. The molecule has 0 aromatic carbocycles. The maximum Gasteiger partial charge on any atom is 0.308 e. The standard InChI is InChI=1S/C14H23N3O4/c1-11(14(18)19)10-17(13-9-12(2)21-15-13)4-3-16-5-7-20-8-6-16/h9,11H,3-8,10H2,1-2H3,(H,18,19). The number of ether oxygens (including phenoxy) is 1. The van der Waals surface area contributed by atoms with Crippen molar-refractivity contribution in [3.63, 3.8) is 0 Å². The van der Waals surface area contributed by atoms with E-state index in [2.05, 4.69) is 10.1 Å². The van der Waals surface area contributed by atoms with Crippen LogP contribution in [-0.2, 0) is 9.53 Å². The van der Waals surface area contributed by atoms with Crippen molar-refractivity contribution in [2.45, 2.75) is 13.8 Å². The third-order valence-corrected chi connectivity index (χ3v) is 3.65. The van der Waals surface area contributed by atoms with Crippen LogP contribution in [-0.4, -0.2) is 67.1 Å². The van der Waals surface area contributed by atoms with Gasteiger partial charge < -0.3 is 19.3 Å². The molecule has 0 radical (unpaired) electrons. The van der Waals surface area contributed by atoms with Gasteiger partial charge in [0.1, 0.15) is 5.76 Å². The number of aliphatic carboxylic acids is 1. The van der Waals surface area contributed by atoms with Gasteiger partial charge in [-0.1, -0.05) is 12.1 Å². The molecule has 1 fully saturated rings. The lowest BCUT2D eigenvalue weighted by Gasteiger charge is -2.30. The molecule has 1 aliphatic rings. The zero-order valence-electron chi connectivity index (χ0n) is 12.6. The molecular weight excluding hydrogens is 274 g/mol. The highest BCUT2D eigenvalue weighted by Crippen LogP contribution is 2.16. The van der Waals surface area contributed by atoms with Crippen LogP contribution >= 0.6 is 0 Å². The van der Waals surface area contributed by atoms with E-state index in [0.29, 0.717) is 12.4 Å². The first-order valence-electron chi connectivity index (χ1n) is 7.27. The van der Waals surface area contributed by atoms with Crippen LogP contribution in [0.15, 0.2) is 10.6 Å². The lowest BCUT2D eigenvalue weighted by Crippen LogP contribution is -2.43. The Bertz CT molecular complexity index is 457. The molecular formula is C14H23N3O4. The van der Waals surface area contributed by atoms with Gasteiger partial charge >= 0.3 is 5.97 Å². The van der Waals surface area contributed by atoms with Gasteiger partial charge in [-0.25, -0.2) is 0 Å². The van der Waals surface area contributed by atoms with Crippen molar-refractivity contribution < 1.29 is 19.2 Å². The number of hydrogen-bond donors (Lipinski definition) is 1. The van der Waals surface area contributed by atoms with E-state index < -0.39 is 11.9 Å². The number of aryl methyl sites for hydroxylation is 1. The molecule has 0 saturated carbocycles. The Balaban J connectivity index is 1.95. The molecule has 1 unspecified atom stereocenters. The quantitative estimate of drug-likeness (QED) is 0.799. The molecule has 21 heavy (non-hydrogen) atoms. The molecule has 1 aliphatic heterocycles. The van der Waals surface area contributed by atoms with Gasteiger partial charge in [0.25, 0.3) is 0 Å². The molecule has 1 aromatic heterocycles. The van der Waals surface area contributed by atoms with Crippen LogP contribution in [0.1, 0.15) is 12.7 Å². The van der Waals surface area contributed by atoms with Crippen molar-refractivity contribution in [3.05, 3.63) is 11.8 Å². The number of aromatic nitrogens is 1. The molecule has 7 nitrogen and oxygen atoms in total. The van der Waals surface area contributed by atoms with Crippen LogP contribution in [0.3, 0.4) is 0 Å². The first-order chi connectivity index (χ1) is 10.1. The van der Waals surface area contributed by atoms with E-state index in [-0.39, 0.29) is 0 Å². The highest BCUT2D eigenvalue weighted by atomic mass is 16.5. The summed E-state index contributed by atoms with van der Waals surface area (Å²) in [5.74, 6) is 0.177. The number of carbonyl (C=O) groups is 1. The highest BCUT2D eigenvalue weighted by molar-refractivity contribution is 5.70. The molecule has 2 rings (SSSR count). The SMILES string of the molecule is Cc1cc(N(CCN2CCOCC2)CC(C)C(=O)O)no1. The van der Waals surface area contributed by atoms with Crippen LogP contribution < -0.4 is 4.90 Å². The first kappa shape index (κ1) is 15.8. The summed E-state index contributed by atoms with van der Waals surface area (Å²) in [5, 5.41) is 13.1. The van der Waals surface area contributed by atoms with Crippen LogP contribution in [0.4, 0.5) is 5.82 Å². The first-order valence-corrected chi connectivity index (χ1v) is 7.27. The van der Waals surface area contributed by atoms with Crippen molar-refractivity contribution in [2.75, 3.05) is 50.8 Å². The Morgan fingerprint density at radius 1 is 1.52 bits per heavy atom. The van der Waals surface area contributed by atoms with Gasteiger partial charge in [0.15, 0.2) is 5.82 Å². The number of anilines is 1. The van der Waals surface area contributed by atoms with E-state index in [1.165, 1.54) is 0 Å². The summed E-state index contributed by atoms with van der Waals surface area (Å²) in [7, 11) is 0. The molecule has 0 spiro atoms. The van der Waals surface area contributed by atoms with E-state index in [0.717, 1.165) is 45.2 Å². The molecule has 1 saturated heterocycles. The van der Waals surface area contributed by atoms with E-state index in [9.17, 15) is 4.79 Å². The summed E-state index contributed by atoms with van der Waals surface area (Å²) in [5.41, 5.74) is 0. The van der Waals surface area contributed by atoms with Gasteiger partial charge in [0.2, 0.25) is 0 Å². The van der Waals surface area contributed by atoms with Crippen LogP contribution in [0, 0.1) is 12.8 Å². The lowest BCUT2D eigenvalue weighted by atomic mass is 10.1. The van der Waals surface area contributed by atoms with Crippen LogP contribution in [0.2, 0.25) is 0 Å². The maximum absolute atomic E-state index is 11.1. The maximum atomic E-state index is 11.1. The fraction of sp³-hybridized carbons (Fsp3) is 0.714. The van der Waals surface area contributed by atoms with E-state index in [1.54, 1.807) is 6.92 Å². The van der Waals surface area contributed by atoms with E-state index in [4.69, 9.17) is 14.4 Å². The molecule has 1 atom stereocenters. The smallest absolute Gasteiger partial charge is 0.308 e. The summed E-state index contributed by atoms with van der Waals surface area (Å²) in [6, 6.07) is 1.84. The Labute approximate surface area is 124 Å². The van der Waals surface area contributed by atoms with Gasteiger partial charge in [0.05, 0.1) is 19.1 Å². The lowest BCUT2D eigenvalue weighted by molar-refractivity contribution is -0.140. The van der Waals surface area contributed by atoms with Gasteiger partial charge in [-0.15, -0.1) is 0 Å². The largest absolute Gasteiger partial charge is 0.481 e. The molecule has 0 bridgehead atoms. The number of morpholine rings is 1. The van der Waals surface area contributed by atoms with Crippen LogP contribution in [0.25, 0.3) is 0 Å². The normalized spacial score (nSPS) is 17.6. The monoisotopic (exact) mass is 297 g/mol. The molecule has 0 aliphatic carbocycles. The predicted molar refractivity (Wildman–Crippen MR) is 77.5 cm³/mol. The van der Waals surface area contributed by atoms with Crippen molar-refractivity contribution in [1.82, 2.24) is 10.1 Å². The average molecular weight is 297 g/mol. The second-order valence-corrected chi connectivity index (χ2v) is 5.44. The predicted octanol–water partition coefficient (Wildman–Crippen LogP) is 0.842. The third-order valence-electron chi connectivity index (χ3n) is 3.65. The average Bonchev–Trinajstić information content (AvgIpc) is 2.90. The van der Waals surface area contributed by atoms with Gasteiger partial charge in [0, 0.05) is 38.8 Å². The molecule has 1 aromatic rings. The second-order valence-electron chi connectivity index (χ2n) is 5.44. The van der Waals surface area contributed by atoms with Crippen molar-refractivity contribution in [3.8, 4) is 0 Å². The molecule has 118 valence electrons. The van der Waals surface area contributed by atoms with Crippen molar-refractivity contribution in [1.29, 1.82) is 0 Å². The van der Waals surface area contributed by atoms with Gasteiger partial charge in [-0.2, -0.15) is 0 Å². The van der Waals surface area contributed by atoms with Crippen molar-refractivity contribution >= 4 is 11.8 Å². The van der Waals surface area contributed by atoms with Crippen LogP contribution in [0.5, 0.6) is 0 Å². The zero-order chi connectivity index (χ0) is 15.2. The summed E-state index contributed by atoms with van der Waals surface area (Å²) in [6.45, 7) is 8.90. The highest BCUT2D eigenvalue weighted by Gasteiger charge is 2.20. The van der Waals surface area contributed by atoms with Gasteiger partial charge in [-0.05, 0) is 6.92 Å². The summed E-state index contributed by atoms with van der Waals surface area (Å²) < 4.78 is 10.4. The number of hydrogen-bond acceptors (Lipinski definition) is 6. The summed E-state index contributed by atoms with van der Waals surface area (Å²) >= 11 is 0. The Morgan fingerprint density at radius 3 is 2.81 bits per heavy atom. The van der Waals surface area contributed by atoms with E-state index >= 15 is 0 Å². The minimum atomic E-state index is -0.799. The van der Waals surface area contributed by atoms with E-state index in [1.807, 2.05) is 17.9 Å². The Hall–Kier alpha value is -1.60. The topological polar surface area (TPSA) is 79.0 Å². The second kappa shape index (κ2) is 7.42. The van der Waals surface area contributed by atoms with Crippen molar-refractivity contribution in [2.24, 2.45) is 5.92 Å². The van der Waals surface area contributed by atoms with Gasteiger partial charge in [-0.3, -0.25) is 9.69 Å². The fourth-order valence-corrected chi connectivity index (χ4v) is 2.30. The third kappa shape index (κ3) is 4.71. The minimum Gasteiger partial charge on any atom is -0.481 e. The number of carboxylic acid groups (broad SMARTS) is 1. The zero-order valence-corrected chi connectivity index (χ0v) is 12.6. The molecule has 1 N–H and O–H groups in total.